The average molecular weight is 267 g/mol. The Morgan fingerprint density at radius 3 is 2.89 bits per heavy atom. The monoisotopic (exact) mass is 266 g/mol. The molecule has 0 amide bonds. The summed E-state index contributed by atoms with van der Waals surface area (Å²) in [6, 6.07) is 9.37. The number of piperidine rings is 1. The fraction of sp³-hybridized carbons (Fsp3) is 0.600. The van der Waals surface area contributed by atoms with Gasteiger partial charge in [0.05, 0.1) is 0 Å². The van der Waals surface area contributed by atoms with Gasteiger partial charge in [0.2, 0.25) is 0 Å². The highest BCUT2D eigenvalue weighted by atomic mass is 35.5. The Labute approximate surface area is 115 Å². The van der Waals surface area contributed by atoms with E-state index >= 15 is 0 Å². The van der Waals surface area contributed by atoms with Gasteiger partial charge in [-0.05, 0) is 44.0 Å². The van der Waals surface area contributed by atoms with Crippen LogP contribution in [0.2, 0.25) is 5.02 Å². The average Bonchev–Trinajstić information content (AvgIpc) is 2.32. The molecule has 3 unspecified atom stereocenters. The van der Waals surface area contributed by atoms with Gasteiger partial charge < -0.3 is 10.2 Å². The van der Waals surface area contributed by atoms with Crippen molar-refractivity contribution in [2.45, 2.75) is 38.9 Å². The quantitative estimate of drug-likeness (QED) is 0.904. The summed E-state index contributed by atoms with van der Waals surface area (Å²) < 4.78 is 0. The first-order valence-electron chi connectivity index (χ1n) is 6.74. The van der Waals surface area contributed by atoms with E-state index in [-0.39, 0.29) is 0 Å². The number of benzene rings is 1. The first-order valence-corrected chi connectivity index (χ1v) is 7.12. The summed E-state index contributed by atoms with van der Waals surface area (Å²) in [5.74, 6) is 0.699. The molecule has 1 fully saturated rings. The van der Waals surface area contributed by atoms with Gasteiger partial charge in [-0.25, -0.2) is 0 Å². The van der Waals surface area contributed by atoms with E-state index in [1.807, 2.05) is 18.2 Å². The summed E-state index contributed by atoms with van der Waals surface area (Å²) in [6.45, 7) is 6.72. The summed E-state index contributed by atoms with van der Waals surface area (Å²) in [7, 11) is 2.22. The standard InChI is InChI=1S/C15H23ClN2/c1-11-10-18(3)12(2)7-15(11)17-9-13-5-4-6-14(16)8-13/h4-6,8,11-12,15,17H,7,9-10H2,1-3H3. The van der Waals surface area contributed by atoms with E-state index in [0.29, 0.717) is 18.0 Å². The van der Waals surface area contributed by atoms with Crippen LogP contribution in [0.5, 0.6) is 0 Å². The lowest BCUT2D eigenvalue weighted by molar-refractivity contribution is 0.121. The van der Waals surface area contributed by atoms with Crippen LogP contribution in [-0.4, -0.2) is 30.6 Å². The molecular formula is C15H23ClN2. The Kier molecular flexibility index (Phi) is 4.66. The van der Waals surface area contributed by atoms with Crippen LogP contribution in [-0.2, 0) is 6.54 Å². The number of halogens is 1. The molecule has 1 heterocycles. The molecule has 0 aliphatic carbocycles. The van der Waals surface area contributed by atoms with Crippen LogP contribution < -0.4 is 5.32 Å². The second-order valence-corrected chi connectivity index (χ2v) is 6.06. The highest BCUT2D eigenvalue weighted by Gasteiger charge is 2.28. The van der Waals surface area contributed by atoms with E-state index in [4.69, 9.17) is 11.6 Å². The smallest absolute Gasteiger partial charge is 0.0409 e. The van der Waals surface area contributed by atoms with Crippen molar-refractivity contribution in [1.82, 2.24) is 10.2 Å². The molecule has 3 atom stereocenters. The summed E-state index contributed by atoms with van der Waals surface area (Å²) in [4.78, 5) is 2.45. The Balaban J connectivity index is 1.90. The molecule has 3 heteroatoms. The highest BCUT2D eigenvalue weighted by Crippen LogP contribution is 2.21. The topological polar surface area (TPSA) is 15.3 Å². The Morgan fingerprint density at radius 2 is 2.17 bits per heavy atom. The van der Waals surface area contributed by atoms with Crippen molar-refractivity contribution >= 4 is 11.6 Å². The Hall–Kier alpha value is -0.570. The van der Waals surface area contributed by atoms with Crippen molar-refractivity contribution in [3.05, 3.63) is 34.9 Å². The molecule has 1 aromatic rings. The van der Waals surface area contributed by atoms with Crippen molar-refractivity contribution in [2.24, 2.45) is 5.92 Å². The first kappa shape index (κ1) is 13.9. The first-order chi connectivity index (χ1) is 8.56. The van der Waals surface area contributed by atoms with Gasteiger partial charge >= 0.3 is 0 Å². The van der Waals surface area contributed by atoms with Crippen LogP contribution >= 0.6 is 11.6 Å². The third-order valence-corrected chi connectivity index (χ3v) is 4.30. The molecule has 1 aliphatic heterocycles. The maximum Gasteiger partial charge on any atom is 0.0409 e. The van der Waals surface area contributed by atoms with Crippen molar-refractivity contribution in [2.75, 3.05) is 13.6 Å². The SMILES string of the molecule is CC1CN(C)C(C)CC1NCc1cccc(Cl)c1. The fourth-order valence-electron chi connectivity index (χ4n) is 2.72. The zero-order valence-electron chi connectivity index (χ0n) is 11.5. The molecule has 1 aliphatic rings. The second kappa shape index (κ2) is 6.05. The number of rotatable bonds is 3. The van der Waals surface area contributed by atoms with Crippen LogP contribution in [0, 0.1) is 5.92 Å². The maximum absolute atomic E-state index is 6.00. The molecule has 2 nitrogen and oxygen atoms in total. The number of hydrogen-bond acceptors (Lipinski definition) is 2. The molecule has 0 aromatic heterocycles. The molecule has 0 spiro atoms. The molecule has 0 radical (unpaired) electrons. The Morgan fingerprint density at radius 1 is 1.39 bits per heavy atom. The van der Waals surface area contributed by atoms with Crippen LogP contribution in [0.3, 0.4) is 0 Å². The normalized spacial score (nSPS) is 29.4. The van der Waals surface area contributed by atoms with Crippen LogP contribution in [0.1, 0.15) is 25.8 Å². The van der Waals surface area contributed by atoms with Gasteiger partial charge in [-0.2, -0.15) is 0 Å². The van der Waals surface area contributed by atoms with E-state index in [1.54, 1.807) is 0 Å². The number of likely N-dealkylation sites (tertiary alicyclic amines) is 1. The third kappa shape index (κ3) is 3.47. The van der Waals surface area contributed by atoms with Crippen LogP contribution in [0.4, 0.5) is 0 Å². The second-order valence-electron chi connectivity index (χ2n) is 5.62. The molecule has 18 heavy (non-hydrogen) atoms. The van der Waals surface area contributed by atoms with E-state index in [0.717, 1.165) is 11.6 Å². The molecule has 1 N–H and O–H groups in total. The highest BCUT2D eigenvalue weighted by molar-refractivity contribution is 6.30. The minimum Gasteiger partial charge on any atom is -0.310 e. The summed E-state index contributed by atoms with van der Waals surface area (Å²) in [5.41, 5.74) is 1.27. The molecule has 100 valence electrons. The lowest BCUT2D eigenvalue weighted by atomic mass is 9.90. The maximum atomic E-state index is 6.00. The zero-order chi connectivity index (χ0) is 13.1. The van der Waals surface area contributed by atoms with E-state index in [9.17, 15) is 0 Å². The molecule has 1 saturated heterocycles. The molecule has 0 bridgehead atoms. The van der Waals surface area contributed by atoms with Gasteiger partial charge in [0.1, 0.15) is 0 Å². The molecule has 0 saturated carbocycles. The zero-order valence-corrected chi connectivity index (χ0v) is 12.2. The number of nitrogens with zero attached hydrogens (tertiary/aromatic N) is 1. The minimum atomic E-state index is 0.607. The van der Waals surface area contributed by atoms with Gasteiger partial charge in [-0.1, -0.05) is 30.7 Å². The van der Waals surface area contributed by atoms with Crippen molar-refractivity contribution < 1.29 is 0 Å². The lowest BCUT2D eigenvalue weighted by Crippen LogP contribution is -2.50. The Bertz CT molecular complexity index is 394. The van der Waals surface area contributed by atoms with Gasteiger partial charge in [-0.3, -0.25) is 0 Å². The minimum absolute atomic E-state index is 0.607. The summed E-state index contributed by atoms with van der Waals surface area (Å²) >= 11 is 6.00. The van der Waals surface area contributed by atoms with E-state index < -0.39 is 0 Å². The van der Waals surface area contributed by atoms with E-state index in [1.165, 1.54) is 18.5 Å². The third-order valence-electron chi connectivity index (χ3n) is 4.07. The van der Waals surface area contributed by atoms with Gasteiger partial charge in [0, 0.05) is 30.2 Å². The van der Waals surface area contributed by atoms with Crippen molar-refractivity contribution in [3.8, 4) is 0 Å². The predicted octanol–water partition coefficient (Wildman–Crippen LogP) is 3.16. The summed E-state index contributed by atoms with van der Waals surface area (Å²) in [6.07, 6.45) is 1.22. The van der Waals surface area contributed by atoms with Gasteiger partial charge in [0.15, 0.2) is 0 Å². The predicted molar refractivity (Wildman–Crippen MR) is 78.0 cm³/mol. The number of nitrogens with one attached hydrogen (secondary N) is 1. The van der Waals surface area contributed by atoms with Gasteiger partial charge in [0.25, 0.3) is 0 Å². The van der Waals surface area contributed by atoms with Crippen molar-refractivity contribution in [3.63, 3.8) is 0 Å². The van der Waals surface area contributed by atoms with Gasteiger partial charge in [-0.15, -0.1) is 0 Å². The molecular weight excluding hydrogens is 244 g/mol. The molecule has 2 rings (SSSR count). The fourth-order valence-corrected chi connectivity index (χ4v) is 2.93. The largest absolute Gasteiger partial charge is 0.310 e. The van der Waals surface area contributed by atoms with Crippen LogP contribution in [0.15, 0.2) is 24.3 Å². The number of hydrogen-bond donors (Lipinski definition) is 1. The van der Waals surface area contributed by atoms with E-state index in [2.05, 4.69) is 37.2 Å². The lowest BCUT2D eigenvalue weighted by Gasteiger charge is -2.40. The van der Waals surface area contributed by atoms with Crippen LogP contribution in [0.25, 0.3) is 0 Å². The van der Waals surface area contributed by atoms with Crippen molar-refractivity contribution in [1.29, 1.82) is 0 Å². The summed E-state index contributed by atoms with van der Waals surface area (Å²) in [5, 5.41) is 4.50. The molecule has 1 aromatic carbocycles.